The number of amides is 1. The van der Waals surface area contributed by atoms with E-state index < -0.39 is 22.0 Å². The van der Waals surface area contributed by atoms with Gasteiger partial charge in [-0.25, -0.2) is 23.1 Å². The average Bonchev–Trinajstić information content (AvgIpc) is 3.34. The first kappa shape index (κ1) is 31.0. The van der Waals surface area contributed by atoms with Crippen molar-refractivity contribution in [3.05, 3.63) is 74.0 Å². The molecule has 1 spiro atoms. The third-order valence-electron chi connectivity index (χ3n) is 9.24. The third kappa shape index (κ3) is 6.02. The number of anilines is 2. The van der Waals surface area contributed by atoms with Gasteiger partial charge in [-0.3, -0.25) is 18.8 Å². The van der Waals surface area contributed by atoms with E-state index in [2.05, 4.69) is 20.3 Å². The van der Waals surface area contributed by atoms with Crippen LogP contribution in [0.25, 0.3) is 10.9 Å². The lowest BCUT2D eigenvalue weighted by Crippen LogP contribution is -2.45. The number of carbonyl (C=O) groups is 1. The first-order valence-electron chi connectivity index (χ1n) is 14.9. The zero-order chi connectivity index (χ0) is 32.3. The minimum atomic E-state index is -3.83. The summed E-state index contributed by atoms with van der Waals surface area (Å²) in [7, 11) is -0.0449. The van der Waals surface area contributed by atoms with E-state index in [9.17, 15) is 18.0 Å². The second-order valence-corrected chi connectivity index (χ2v) is 14.7. The summed E-state index contributed by atoms with van der Waals surface area (Å²) in [6.45, 7) is 5.40. The lowest BCUT2D eigenvalue weighted by molar-refractivity contribution is 0.0977. The molecule has 45 heavy (non-hydrogen) atoms. The van der Waals surface area contributed by atoms with E-state index in [0.29, 0.717) is 16.9 Å². The monoisotopic (exact) mass is 652 g/mol. The summed E-state index contributed by atoms with van der Waals surface area (Å²) in [5, 5.41) is 8.29. The molecule has 2 N–H and O–H groups in total. The maximum atomic E-state index is 13.8. The SMILES string of the molecule is Cc1cc([C@@H](C)Nc2ccc(Cl)nc2C(=O)NS(C)(=O)=O)c2nc(N3CCC4(CCc5c(cnn5C)C4)CC3)n(C)c(=O)c2c1. The van der Waals surface area contributed by atoms with Crippen LogP contribution in [-0.2, 0) is 37.0 Å². The fraction of sp³-hybridized carbons (Fsp3) is 0.452. The van der Waals surface area contributed by atoms with Gasteiger partial charge < -0.3 is 10.2 Å². The molecule has 1 amide bonds. The molecule has 1 aromatic carbocycles. The number of fused-ring (bicyclic) bond motifs is 2. The van der Waals surface area contributed by atoms with Crippen LogP contribution in [0.2, 0.25) is 5.15 Å². The molecule has 4 aromatic rings. The van der Waals surface area contributed by atoms with Gasteiger partial charge in [-0.2, -0.15) is 5.10 Å². The Morgan fingerprint density at radius 2 is 1.84 bits per heavy atom. The molecule has 1 atom stereocenters. The lowest BCUT2D eigenvalue weighted by Gasteiger charge is -2.44. The van der Waals surface area contributed by atoms with Crippen LogP contribution in [-0.4, -0.2) is 58.0 Å². The van der Waals surface area contributed by atoms with Crippen molar-refractivity contribution >= 4 is 50.1 Å². The Hall–Kier alpha value is -3.97. The smallest absolute Gasteiger partial charge is 0.285 e. The second-order valence-electron chi connectivity index (χ2n) is 12.5. The van der Waals surface area contributed by atoms with Crippen molar-refractivity contribution in [3.63, 3.8) is 0 Å². The van der Waals surface area contributed by atoms with Gasteiger partial charge in [0, 0.05) is 38.4 Å². The molecule has 4 heterocycles. The largest absolute Gasteiger partial charge is 0.377 e. The topological polar surface area (TPSA) is 144 Å². The molecule has 0 radical (unpaired) electrons. The standard InChI is InChI=1S/C31H37ClN8O4S/c1-18-14-21(19(2)34-23-6-7-25(32)35-27(23)28(41)37-45(5,43)44)26-22(15-18)29(42)38(3)30(36-26)40-12-10-31(11-13-40)9-8-24-20(16-31)17-33-39(24)4/h6-7,14-15,17,19,34H,8-13,16H2,1-5H3,(H,37,41)/t19-/m1/s1. The van der Waals surface area contributed by atoms with E-state index in [0.717, 1.165) is 62.6 Å². The van der Waals surface area contributed by atoms with Crippen LogP contribution < -0.4 is 20.5 Å². The van der Waals surface area contributed by atoms with Crippen LogP contribution in [0.3, 0.4) is 0 Å². The van der Waals surface area contributed by atoms with Gasteiger partial charge in [-0.15, -0.1) is 0 Å². The number of hydrogen-bond donors (Lipinski definition) is 2. The number of halogens is 1. The number of sulfonamides is 1. The summed E-state index contributed by atoms with van der Waals surface area (Å²) in [6.07, 6.45) is 8.12. The highest BCUT2D eigenvalue weighted by molar-refractivity contribution is 7.89. The highest BCUT2D eigenvalue weighted by Crippen LogP contribution is 2.44. The van der Waals surface area contributed by atoms with Crippen molar-refractivity contribution in [1.82, 2.24) is 29.0 Å². The maximum Gasteiger partial charge on any atom is 0.285 e. The molecule has 2 aliphatic rings. The quantitative estimate of drug-likeness (QED) is 0.298. The first-order chi connectivity index (χ1) is 21.2. The predicted molar refractivity (Wildman–Crippen MR) is 174 cm³/mol. The number of aryl methyl sites for hydroxylation is 2. The summed E-state index contributed by atoms with van der Waals surface area (Å²) >= 11 is 6.06. The zero-order valence-electron chi connectivity index (χ0n) is 26.0. The molecule has 14 heteroatoms. The van der Waals surface area contributed by atoms with Crippen LogP contribution in [0.1, 0.15) is 65.1 Å². The van der Waals surface area contributed by atoms with E-state index >= 15 is 0 Å². The summed E-state index contributed by atoms with van der Waals surface area (Å²) in [5.74, 6) is -0.280. The number of benzene rings is 1. The number of hydrogen-bond acceptors (Lipinski definition) is 9. The van der Waals surface area contributed by atoms with Crippen LogP contribution in [0, 0.1) is 12.3 Å². The van der Waals surface area contributed by atoms with Crippen molar-refractivity contribution < 1.29 is 13.2 Å². The van der Waals surface area contributed by atoms with Gasteiger partial charge in [0.1, 0.15) is 5.15 Å². The van der Waals surface area contributed by atoms with E-state index in [1.807, 2.05) is 48.6 Å². The molecule has 1 aliphatic carbocycles. The van der Waals surface area contributed by atoms with Gasteiger partial charge in [0.25, 0.3) is 11.5 Å². The van der Waals surface area contributed by atoms with E-state index in [-0.39, 0.29) is 27.5 Å². The normalized spacial score (nSPS) is 16.9. The molecule has 6 rings (SSSR count). The van der Waals surface area contributed by atoms with Crippen molar-refractivity contribution in [1.29, 1.82) is 0 Å². The second kappa shape index (κ2) is 11.4. The van der Waals surface area contributed by atoms with Crippen molar-refractivity contribution in [2.24, 2.45) is 19.5 Å². The van der Waals surface area contributed by atoms with Crippen LogP contribution >= 0.6 is 11.6 Å². The Kier molecular flexibility index (Phi) is 7.88. The molecule has 238 valence electrons. The number of aromatic nitrogens is 5. The Morgan fingerprint density at radius 1 is 1.11 bits per heavy atom. The predicted octanol–water partition coefficient (Wildman–Crippen LogP) is 3.66. The molecular weight excluding hydrogens is 616 g/mol. The molecule has 1 saturated heterocycles. The van der Waals surface area contributed by atoms with Crippen molar-refractivity contribution in [2.45, 2.75) is 52.0 Å². The van der Waals surface area contributed by atoms with Gasteiger partial charge in [0.2, 0.25) is 16.0 Å². The van der Waals surface area contributed by atoms with E-state index in [1.54, 1.807) is 17.7 Å². The van der Waals surface area contributed by atoms with Crippen molar-refractivity contribution in [2.75, 3.05) is 29.6 Å². The van der Waals surface area contributed by atoms with Gasteiger partial charge in [-0.05, 0) is 80.7 Å². The van der Waals surface area contributed by atoms with Crippen molar-refractivity contribution in [3.8, 4) is 0 Å². The van der Waals surface area contributed by atoms with Crippen LogP contribution in [0.4, 0.5) is 11.6 Å². The van der Waals surface area contributed by atoms with Gasteiger partial charge in [-0.1, -0.05) is 17.7 Å². The molecule has 0 saturated carbocycles. The average molecular weight is 653 g/mol. The molecule has 3 aromatic heterocycles. The molecule has 0 bridgehead atoms. The molecule has 1 fully saturated rings. The fourth-order valence-electron chi connectivity index (χ4n) is 6.87. The minimum absolute atomic E-state index is 0.0417. The summed E-state index contributed by atoms with van der Waals surface area (Å²) < 4.78 is 29.1. The highest BCUT2D eigenvalue weighted by atomic mass is 35.5. The maximum absolute atomic E-state index is 13.8. The number of carbonyl (C=O) groups excluding carboxylic acids is 1. The minimum Gasteiger partial charge on any atom is -0.377 e. The molecule has 12 nitrogen and oxygen atoms in total. The number of nitrogens with zero attached hydrogens (tertiary/aromatic N) is 6. The zero-order valence-corrected chi connectivity index (χ0v) is 27.6. The van der Waals surface area contributed by atoms with Gasteiger partial charge in [0.15, 0.2) is 5.69 Å². The number of nitrogens with one attached hydrogen (secondary N) is 2. The number of rotatable bonds is 6. The van der Waals surface area contributed by atoms with Crippen LogP contribution in [0.15, 0.2) is 35.3 Å². The van der Waals surface area contributed by atoms with Gasteiger partial charge >= 0.3 is 0 Å². The summed E-state index contributed by atoms with van der Waals surface area (Å²) in [4.78, 5) is 37.9. The summed E-state index contributed by atoms with van der Waals surface area (Å²) in [6, 6.07) is 6.46. The van der Waals surface area contributed by atoms with E-state index in [4.69, 9.17) is 16.6 Å². The van der Waals surface area contributed by atoms with Gasteiger partial charge in [0.05, 0.1) is 35.1 Å². The molecule has 1 aliphatic heterocycles. The highest BCUT2D eigenvalue weighted by Gasteiger charge is 2.39. The molecular formula is C31H37ClN8O4S. The molecule has 0 unspecified atom stereocenters. The fourth-order valence-corrected chi connectivity index (χ4v) is 7.45. The van der Waals surface area contributed by atoms with E-state index in [1.165, 1.54) is 17.3 Å². The number of piperidine rings is 1. The Morgan fingerprint density at radius 3 is 2.56 bits per heavy atom. The number of pyridine rings is 1. The Balaban J connectivity index is 1.31. The Bertz CT molecular complexity index is 2000. The third-order valence-corrected chi connectivity index (χ3v) is 10.0. The van der Waals surface area contributed by atoms with Crippen LogP contribution in [0.5, 0.6) is 0 Å². The summed E-state index contributed by atoms with van der Waals surface area (Å²) in [5.41, 5.74) is 5.13. The first-order valence-corrected chi connectivity index (χ1v) is 17.2. The lowest BCUT2D eigenvalue weighted by atomic mass is 9.67. The Labute approximate surface area is 266 Å².